The monoisotopic (exact) mass is 526 g/mol. The maximum Gasteiger partial charge on any atom is 0.416 e. The molecule has 1 amide bonds. The first-order chi connectivity index (χ1) is 16.0. The fourth-order valence-corrected chi connectivity index (χ4v) is 6.45. The zero-order valence-corrected chi connectivity index (χ0v) is 20.3. The number of carbonyl (C=O) groups is 1. The van der Waals surface area contributed by atoms with E-state index in [0.717, 1.165) is 49.6 Å². The van der Waals surface area contributed by atoms with Crippen molar-refractivity contribution in [2.45, 2.75) is 49.3 Å². The number of alkyl halides is 3. The van der Waals surface area contributed by atoms with Gasteiger partial charge in [0.05, 0.1) is 21.9 Å². The summed E-state index contributed by atoms with van der Waals surface area (Å²) in [7, 11) is -3.62. The lowest BCUT2D eigenvalue weighted by Crippen LogP contribution is -2.32. The molecular formula is C23H21F3N2O3S3. The fraction of sp³-hybridized carbons (Fsp3) is 0.304. The Hall–Kier alpha value is -2.21. The van der Waals surface area contributed by atoms with Crippen molar-refractivity contribution < 1.29 is 26.4 Å². The van der Waals surface area contributed by atoms with E-state index in [1.807, 2.05) is 0 Å². The number of thiocarbonyl (C=S) groups is 1. The Bertz CT molecular complexity index is 1240. The number of nitrogens with one attached hydrogen (secondary N) is 1. The number of benzene rings is 2. The minimum absolute atomic E-state index is 0.0388. The normalized spacial score (nSPS) is 18.9. The lowest BCUT2D eigenvalue weighted by Gasteiger charge is -2.15. The molecule has 1 aliphatic heterocycles. The van der Waals surface area contributed by atoms with Gasteiger partial charge in [-0.3, -0.25) is 9.69 Å². The van der Waals surface area contributed by atoms with Gasteiger partial charge in [0.2, 0.25) is 10.0 Å². The first-order valence-electron chi connectivity index (χ1n) is 10.6. The van der Waals surface area contributed by atoms with Gasteiger partial charge in [0.1, 0.15) is 4.32 Å². The molecule has 180 valence electrons. The van der Waals surface area contributed by atoms with Crippen LogP contribution >= 0.6 is 24.0 Å². The zero-order chi connectivity index (χ0) is 24.5. The van der Waals surface area contributed by atoms with Gasteiger partial charge in [-0.1, -0.05) is 61.1 Å². The van der Waals surface area contributed by atoms with E-state index >= 15 is 0 Å². The number of rotatable bonds is 6. The number of carbonyl (C=O) groups excluding carboxylic acids is 1. The van der Waals surface area contributed by atoms with Crippen LogP contribution in [0.2, 0.25) is 0 Å². The van der Waals surface area contributed by atoms with Gasteiger partial charge in [-0.25, -0.2) is 13.1 Å². The second-order valence-corrected chi connectivity index (χ2v) is 11.5. The van der Waals surface area contributed by atoms with E-state index in [9.17, 15) is 26.4 Å². The average molecular weight is 527 g/mol. The number of hydrogen-bond acceptors (Lipinski definition) is 5. The summed E-state index contributed by atoms with van der Waals surface area (Å²) >= 11 is 6.32. The molecular weight excluding hydrogens is 505 g/mol. The molecule has 5 nitrogen and oxygen atoms in total. The van der Waals surface area contributed by atoms with E-state index in [1.165, 1.54) is 29.2 Å². The van der Waals surface area contributed by atoms with Gasteiger partial charge in [-0.05, 0) is 54.3 Å². The first-order valence-corrected chi connectivity index (χ1v) is 13.3. The predicted octanol–water partition coefficient (Wildman–Crippen LogP) is 5.33. The van der Waals surface area contributed by atoms with Crippen LogP contribution in [0.4, 0.5) is 13.2 Å². The Labute approximate surface area is 205 Å². The van der Waals surface area contributed by atoms with Crippen LogP contribution in [0.25, 0.3) is 6.08 Å². The summed E-state index contributed by atoms with van der Waals surface area (Å²) in [4.78, 5) is 14.6. The molecule has 0 radical (unpaired) electrons. The molecule has 2 fully saturated rings. The Morgan fingerprint density at radius 2 is 1.79 bits per heavy atom. The molecule has 1 saturated heterocycles. The summed E-state index contributed by atoms with van der Waals surface area (Å²) in [5.41, 5.74) is 0.138. The summed E-state index contributed by atoms with van der Waals surface area (Å²) in [6, 6.07) is 10.9. The Kier molecular flexibility index (Phi) is 7.18. The number of nitrogens with zero attached hydrogens (tertiary/aromatic N) is 1. The third-order valence-corrected chi connectivity index (χ3v) is 8.55. The number of thioether (sulfide) groups is 1. The molecule has 2 aliphatic rings. The summed E-state index contributed by atoms with van der Waals surface area (Å²) < 4.78 is 67.0. The molecule has 1 N–H and O–H groups in total. The van der Waals surface area contributed by atoms with Gasteiger partial charge in [0.25, 0.3) is 5.91 Å². The van der Waals surface area contributed by atoms with Crippen molar-refractivity contribution in [3.05, 3.63) is 70.1 Å². The smallest absolute Gasteiger partial charge is 0.288 e. The molecule has 11 heteroatoms. The topological polar surface area (TPSA) is 66.5 Å². The predicted molar refractivity (Wildman–Crippen MR) is 129 cm³/mol. The van der Waals surface area contributed by atoms with Gasteiger partial charge >= 0.3 is 6.18 Å². The van der Waals surface area contributed by atoms with Crippen molar-refractivity contribution in [2.24, 2.45) is 0 Å². The zero-order valence-electron chi connectivity index (χ0n) is 17.8. The van der Waals surface area contributed by atoms with E-state index in [-0.39, 0.29) is 21.8 Å². The number of amides is 1. The summed E-state index contributed by atoms with van der Waals surface area (Å²) in [6.07, 6.45) is 0.805. The van der Waals surface area contributed by atoms with Crippen LogP contribution < -0.4 is 4.72 Å². The summed E-state index contributed by atoms with van der Waals surface area (Å²) in [6.45, 7) is -0.0735. The van der Waals surface area contributed by atoms with Crippen LogP contribution in [-0.2, 0) is 27.5 Å². The Morgan fingerprint density at radius 1 is 1.12 bits per heavy atom. The minimum Gasteiger partial charge on any atom is -0.288 e. The fourth-order valence-electron chi connectivity index (χ4n) is 3.89. The molecule has 34 heavy (non-hydrogen) atoms. The van der Waals surface area contributed by atoms with Crippen molar-refractivity contribution in [3.63, 3.8) is 0 Å². The molecule has 1 heterocycles. The van der Waals surface area contributed by atoms with Crippen molar-refractivity contribution in [2.75, 3.05) is 0 Å². The van der Waals surface area contributed by atoms with Crippen LogP contribution in [0, 0.1) is 0 Å². The molecule has 0 atom stereocenters. The highest BCUT2D eigenvalue weighted by atomic mass is 32.2. The molecule has 0 unspecified atom stereocenters. The molecule has 0 bridgehead atoms. The second kappa shape index (κ2) is 9.80. The van der Waals surface area contributed by atoms with Crippen LogP contribution in [0.15, 0.2) is 58.3 Å². The number of hydrogen-bond donors (Lipinski definition) is 1. The van der Waals surface area contributed by atoms with E-state index in [0.29, 0.717) is 16.0 Å². The highest BCUT2D eigenvalue weighted by Gasteiger charge is 2.34. The summed E-state index contributed by atoms with van der Waals surface area (Å²) in [5, 5.41) is 0. The number of halogens is 3. The van der Waals surface area contributed by atoms with Crippen LogP contribution in [0.3, 0.4) is 0 Å². The average Bonchev–Trinajstić information content (AvgIpc) is 3.37. The maximum atomic E-state index is 13.0. The SMILES string of the molecule is O=C1/C(=C/c2ccc(S(=O)(=O)NC3CCCC3)cc2)SC(=S)N1Cc1cccc(C(F)(F)F)c1. The third kappa shape index (κ3) is 5.70. The van der Waals surface area contributed by atoms with Gasteiger partial charge in [-0.15, -0.1) is 0 Å². The quantitative estimate of drug-likeness (QED) is 0.407. The highest BCUT2D eigenvalue weighted by Crippen LogP contribution is 2.35. The largest absolute Gasteiger partial charge is 0.416 e. The third-order valence-electron chi connectivity index (χ3n) is 5.63. The van der Waals surface area contributed by atoms with Gasteiger partial charge < -0.3 is 0 Å². The second-order valence-electron chi connectivity index (χ2n) is 8.14. The first kappa shape index (κ1) is 24.9. The molecule has 4 rings (SSSR count). The van der Waals surface area contributed by atoms with Crippen molar-refractivity contribution >= 4 is 50.3 Å². The number of sulfonamides is 1. The van der Waals surface area contributed by atoms with Gasteiger partial charge in [0.15, 0.2) is 0 Å². The maximum absolute atomic E-state index is 13.0. The molecule has 2 aromatic rings. The highest BCUT2D eigenvalue weighted by molar-refractivity contribution is 8.26. The van der Waals surface area contributed by atoms with Crippen molar-refractivity contribution in [1.29, 1.82) is 0 Å². The van der Waals surface area contributed by atoms with Crippen LogP contribution in [0.5, 0.6) is 0 Å². The van der Waals surface area contributed by atoms with Gasteiger partial charge in [0, 0.05) is 6.04 Å². The van der Waals surface area contributed by atoms with Crippen LogP contribution in [0.1, 0.15) is 42.4 Å². The summed E-state index contributed by atoms with van der Waals surface area (Å²) in [5.74, 6) is -0.410. The Balaban J connectivity index is 1.47. The molecule has 0 spiro atoms. The Morgan fingerprint density at radius 3 is 2.44 bits per heavy atom. The van der Waals surface area contributed by atoms with Crippen molar-refractivity contribution in [1.82, 2.24) is 9.62 Å². The standard InChI is InChI=1S/C23H21F3N2O3S3/c24-23(25,26)17-5-3-4-16(12-17)14-28-21(29)20(33-22(28)32)13-15-8-10-19(11-9-15)34(30,31)27-18-6-1-2-7-18/h3-5,8-13,18,27H,1-2,6-7,14H2/b20-13-. The van der Waals surface area contributed by atoms with E-state index in [1.54, 1.807) is 18.2 Å². The lowest BCUT2D eigenvalue weighted by molar-refractivity contribution is -0.137. The van der Waals surface area contributed by atoms with E-state index in [2.05, 4.69) is 4.72 Å². The molecule has 1 saturated carbocycles. The van der Waals surface area contributed by atoms with E-state index < -0.39 is 27.7 Å². The lowest BCUT2D eigenvalue weighted by atomic mass is 10.1. The van der Waals surface area contributed by atoms with Crippen LogP contribution in [-0.4, -0.2) is 29.6 Å². The van der Waals surface area contributed by atoms with Gasteiger partial charge in [-0.2, -0.15) is 13.2 Å². The van der Waals surface area contributed by atoms with E-state index in [4.69, 9.17) is 12.2 Å². The molecule has 2 aromatic carbocycles. The minimum atomic E-state index is -4.47. The molecule has 1 aliphatic carbocycles. The molecule has 0 aromatic heterocycles. The van der Waals surface area contributed by atoms with Crippen molar-refractivity contribution in [3.8, 4) is 0 Å².